The number of likely N-dealkylation sites (N-methyl/N-ethyl adjacent to an activating group) is 1. The average molecular weight is 619 g/mol. The van der Waals surface area contributed by atoms with Gasteiger partial charge in [0.2, 0.25) is 5.95 Å². The van der Waals surface area contributed by atoms with Gasteiger partial charge in [-0.25, -0.2) is 13.8 Å². The molecule has 0 bridgehead atoms. The van der Waals surface area contributed by atoms with Gasteiger partial charge in [-0.3, -0.25) is 0 Å². The van der Waals surface area contributed by atoms with Crippen molar-refractivity contribution >= 4 is 23.1 Å². The van der Waals surface area contributed by atoms with E-state index >= 15 is 0 Å². The van der Waals surface area contributed by atoms with E-state index in [0.29, 0.717) is 48.5 Å². The molecule has 0 atom stereocenters. The average Bonchev–Trinajstić information content (AvgIpc) is 2.99. The lowest BCUT2D eigenvalue weighted by molar-refractivity contribution is 0.0144. The summed E-state index contributed by atoms with van der Waals surface area (Å²) in [5.74, 6) is 4.76. The number of terminal acetylenes is 1. The van der Waals surface area contributed by atoms with Crippen molar-refractivity contribution in [1.82, 2.24) is 25.5 Å². The number of rotatable bonds is 16. The first-order valence-corrected chi connectivity index (χ1v) is 14.5. The van der Waals surface area contributed by atoms with Gasteiger partial charge in [0.1, 0.15) is 18.2 Å². The topological polar surface area (TPSA) is 98.4 Å². The highest BCUT2D eigenvalue weighted by molar-refractivity contribution is 5.60. The van der Waals surface area contributed by atoms with E-state index in [1.165, 1.54) is 6.07 Å². The van der Waals surface area contributed by atoms with Crippen molar-refractivity contribution in [2.45, 2.75) is 26.2 Å². The molecule has 0 unspecified atom stereocenters. The number of nitrogens with zero attached hydrogens (tertiary/aromatic N) is 3. The molecule has 3 rings (SSSR count). The first-order valence-electron chi connectivity index (χ1n) is 14.5. The predicted octanol–water partition coefficient (Wildman–Crippen LogP) is 5.38. The Morgan fingerprint density at radius 2 is 1.89 bits per heavy atom. The SMILES string of the molecule is C#C.C=C(NCC#Cc1cnc(Nc2cccc(C)c2)nc1NCCCNC)Nc1ccc(OCCN(C)C)c(C(C)(F)F)c1. The van der Waals surface area contributed by atoms with Crippen molar-refractivity contribution in [2.24, 2.45) is 0 Å². The Morgan fingerprint density at radius 3 is 2.58 bits per heavy atom. The summed E-state index contributed by atoms with van der Waals surface area (Å²) in [6.07, 6.45) is 10.6. The van der Waals surface area contributed by atoms with Crippen molar-refractivity contribution in [2.75, 3.05) is 69.9 Å². The quantitative estimate of drug-likeness (QED) is 0.107. The van der Waals surface area contributed by atoms with Gasteiger partial charge < -0.3 is 36.2 Å². The van der Waals surface area contributed by atoms with Crippen molar-refractivity contribution in [3.63, 3.8) is 0 Å². The Hall–Kier alpha value is -4.84. The fourth-order valence-corrected chi connectivity index (χ4v) is 3.92. The molecule has 0 radical (unpaired) electrons. The van der Waals surface area contributed by atoms with Crippen molar-refractivity contribution in [3.8, 4) is 30.4 Å². The Balaban J connectivity index is 0.00000345. The van der Waals surface area contributed by atoms with Crippen LogP contribution in [-0.2, 0) is 5.92 Å². The summed E-state index contributed by atoms with van der Waals surface area (Å²) in [7, 11) is 5.70. The van der Waals surface area contributed by atoms with Gasteiger partial charge in [0.05, 0.1) is 29.7 Å². The Morgan fingerprint density at radius 1 is 1.11 bits per heavy atom. The molecule has 1 heterocycles. The molecule has 1 aromatic heterocycles. The van der Waals surface area contributed by atoms with Crippen LogP contribution in [0.2, 0.25) is 0 Å². The molecule has 45 heavy (non-hydrogen) atoms. The molecule has 3 aromatic rings. The molecule has 0 spiro atoms. The number of alkyl halides is 2. The van der Waals surface area contributed by atoms with Crippen molar-refractivity contribution in [3.05, 3.63) is 77.8 Å². The zero-order valence-corrected chi connectivity index (χ0v) is 26.7. The number of halogens is 2. The number of anilines is 4. The maximum Gasteiger partial charge on any atom is 0.274 e. The molecule has 2 aromatic carbocycles. The second-order valence-electron chi connectivity index (χ2n) is 10.3. The molecule has 0 saturated heterocycles. The Kier molecular flexibility index (Phi) is 15.1. The van der Waals surface area contributed by atoms with Crippen LogP contribution in [0.3, 0.4) is 0 Å². The van der Waals surface area contributed by atoms with Gasteiger partial charge in [-0.15, -0.1) is 12.8 Å². The minimum atomic E-state index is -3.07. The highest BCUT2D eigenvalue weighted by Crippen LogP contribution is 2.36. The van der Waals surface area contributed by atoms with Crippen LogP contribution in [0.15, 0.2) is 61.1 Å². The van der Waals surface area contributed by atoms with Gasteiger partial charge in [-0.05, 0) is 76.9 Å². The maximum atomic E-state index is 14.3. The van der Waals surface area contributed by atoms with E-state index in [1.807, 2.05) is 57.2 Å². The van der Waals surface area contributed by atoms with Crippen LogP contribution in [-0.4, -0.2) is 68.8 Å². The van der Waals surface area contributed by atoms with Gasteiger partial charge in [-0.1, -0.05) is 30.6 Å². The fourth-order valence-electron chi connectivity index (χ4n) is 3.92. The maximum absolute atomic E-state index is 14.3. The third kappa shape index (κ3) is 13.1. The third-order valence-corrected chi connectivity index (χ3v) is 6.12. The van der Waals surface area contributed by atoms with Crippen molar-refractivity contribution in [1.29, 1.82) is 0 Å². The number of aromatic nitrogens is 2. The van der Waals surface area contributed by atoms with E-state index in [1.54, 1.807) is 18.3 Å². The molecule has 0 fully saturated rings. The number of aryl methyl sites for hydroxylation is 1. The molecule has 0 aliphatic rings. The van der Waals surface area contributed by atoms with E-state index in [0.717, 1.165) is 31.1 Å². The molecule has 240 valence electrons. The van der Waals surface area contributed by atoms with Gasteiger partial charge >= 0.3 is 0 Å². The predicted molar refractivity (Wildman–Crippen MR) is 181 cm³/mol. The summed E-state index contributed by atoms with van der Waals surface area (Å²) >= 11 is 0. The van der Waals surface area contributed by atoms with Gasteiger partial charge in [0, 0.05) is 31.4 Å². The number of nitrogens with one attached hydrogen (secondary N) is 5. The van der Waals surface area contributed by atoms with Crippen LogP contribution < -0.4 is 31.3 Å². The Labute approximate surface area is 266 Å². The normalized spacial score (nSPS) is 10.5. The van der Waals surface area contributed by atoms with E-state index in [-0.39, 0.29) is 17.9 Å². The molecule has 0 amide bonds. The molecule has 0 aliphatic carbocycles. The lowest BCUT2D eigenvalue weighted by Crippen LogP contribution is -2.21. The van der Waals surface area contributed by atoms with E-state index in [2.05, 4.69) is 67.8 Å². The monoisotopic (exact) mass is 618 g/mol. The number of hydrogen-bond acceptors (Lipinski definition) is 9. The molecule has 9 nitrogen and oxygen atoms in total. The third-order valence-electron chi connectivity index (χ3n) is 6.12. The van der Waals surface area contributed by atoms with Crippen LogP contribution in [0.4, 0.5) is 31.9 Å². The van der Waals surface area contributed by atoms with Gasteiger partial charge in [-0.2, -0.15) is 4.98 Å². The molecular weight excluding hydrogens is 574 g/mol. The minimum absolute atomic E-state index is 0.155. The van der Waals surface area contributed by atoms with E-state index in [9.17, 15) is 8.78 Å². The van der Waals surface area contributed by atoms with Crippen LogP contribution in [0.25, 0.3) is 0 Å². The van der Waals surface area contributed by atoms with Gasteiger partial charge in [0.25, 0.3) is 5.92 Å². The lowest BCUT2D eigenvalue weighted by atomic mass is 10.1. The van der Waals surface area contributed by atoms with E-state index in [4.69, 9.17) is 4.74 Å². The van der Waals surface area contributed by atoms with Crippen LogP contribution in [0.1, 0.15) is 30.0 Å². The molecule has 0 aliphatic heterocycles. The summed E-state index contributed by atoms with van der Waals surface area (Å²) in [5, 5.41) is 15.8. The second-order valence-corrected chi connectivity index (χ2v) is 10.3. The zero-order chi connectivity index (χ0) is 33.2. The number of benzene rings is 2. The second kappa shape index (κ2) is 18.7. The number of hydrogen-bond donors (Lipinski definition) is 5. The smallest absolute Gasteiger partial charge is 0.274 e. The molecular formula is C34H44F2N8O. The first-order chi connectivity index (χ1) is 21.5. The van der Waals surface area contributed by atoms with Crippen LogP contribution in [0.5, 0.6) is 5.75 Å². The summed E-state index contributed by atoms with van der Waals surface area (Å²) in [4.78, 5) is 11.0. The summed E-state index contributed by atoms with van der Waals surface area (Å²) in [5.41, 5.74) is 2.95. The first kappa shape index (κ1) is 36.4. The fraction of sp³-hybridized carbons (Fsp3) is 0.353. The minimum Gasteiger partial charge on any atom is -0.492 e. The van der Waals surface area contributed by atoms with Gasteiger partial charge in [0.15, 0.2) is 0 Å². The highest BCUT2D eigenvalue weighted by atomic mass is 19.3. The standard InChI is InChI=1S/C32H42F2N8O.C2H2/c1-23-10-7-12-26(20-23)40-31-38-22-25(30(41-31)37-17-9-15-35-4)11-8-16-36-24(2)39-27-13-14-29(43-19-18-42(5)6)28(21-27)32(3,33)34;1-2/h7,10,12-14,20-22,35-36,39H,2,9,15-19H2,1,3-6H3,(H2,37,38,40,41);1-2H. The molecule has 11 heteroatoms. The molecule has 5 N–H and O–H groups in total. The zero-order valence-electron chi connectivity index (χ0n) is 26.7. The Bertz CT molecular complexity index is 1460. The molecule has 0 saturated carbocycles. The number of ether oxygens (including phenoxy) is 1. The summed E-state index contributed by atoms with van der Waals surface area (Å²) in [6, 6.07) is 12.6. The van der Waals surface area contributed by atoms with Crippen molar-refractivity contribution < 1.29 is 13.5 Å². The van der Waals surface area contributed by atoms with E-state index < -0.39 is 5.92 Å². The summed E-state index contributed by atoms with van der Waals surface area (Å²) in [6.45, 7) is 9.59. The van der Waals surface area contributed by atoms with Crippen LogP contribution >= 0.6 is 0 Å². The largest absolute Gasteiger partial charge is 0.492 e. The summed E-state index contributed by atoms with van der Waals surface area (Å²) < 4.78 is 34.3. The lowest BCUT2D eigenvalue weighted by Gasteiger charge is -2.19. The highest BCUT2D eigenvalue weighted by Gasteiger charge is 2.29. The van der Waals surface area contributed by atoms with Crippen LogP contribution in [0, 0.1) is 31.6 Å².